The van der Waals surface area contributed by atoms with Gasteiger partial charge in [-0.3, -0.25) is 9.78 Å². The molecule has 2 heterocycles. The van der Waals surface area contributed by atoms with E-state index in [9.17, 15) is 9.59 Å². The monoisotopic (exact) mass is 291 g/mol. The van der Waals surface area contributed by atoms with E-state index in [0.29, 0.717) is 17.2 Å². The van der Waals surface area contributed by atoms with Crippen LogP contribution in [-0.2, 0) is 6.54 Å². The summed E-state index contributed by atoms with van der Waals surface area (Å²) in [7, 11) is 2.93. The molecule has 0 spiro atoms. The van der Waals surface area contributed by atoms with Crippen LogP contribution in [0, 0.1) is 0 Å². The van der Waals surface area contributed by atoms with Gasteiger partial charge in [-0.1, -0.05) is 0 Å². The lowest BCUT2D eigenvalue weighted by atomic mass is 10.3. The van der Waals surface area contributed by atoms with Crippen LogP contribution in [0.5, 0.6) is 11.5 Å². The average molecular weight is 291 g/mol. The molecule has 0 aliphatic carbocycles. The summed E-state index contributed by atoms with van der Waals surface area (Å²) >= 11 is 0. The quantitative estimate of drug-likeness (QED) is 0.850. The highest BCUT2D eigenvalue weighted by atomic mass is 16.5. The van der Waals surface area contributed by atoms with Gasteiger partial charge in [-0.15, -0.1) is 0 Å². The largest absolute Gasteiger partial charge is 0.493 e. The van der Waals surface area contributed by atoms with Gasteiger partial charge in [0.1, 0.15) is 5.69 Å². The molecule has 0 saturated carbocycles. The van der Waals surface area contributed by atoms with Crippen LogP contribution in [-0.4, -0.2) is 40.1 Å². The topological polar surface area (TPSA) is 104 Å². The van der Waals surface area contributed by atoms with Crippen LogP contribution < -0.4 is 15.0 Å². The number of aromatic nitrogens is 3. The summed E-state index contributed by atoms with van der Waals surface area (Å²) in [6, 6.07) is 3.91. The van der Waals surface area contributed by atoms with Crippen molar-refractivity contribution in [2.45, 2.75) is 6.54 Å². The number of hydrogen-bond acceptors (Lipinski definition) is 6. The summed E-state index contributed by atoms with van der Waals surface area (Å²) in [6.45, 7) is -0.0275. The van der Waals surface area contributed by atoms with E-state index < -0.39 is 11.5 Å². The summed E-state index contributed by atoms with van der Waals surface area (Å²) < 4.78 is 11.4. The van der Waals surface area contributed by atoms with E-state index in [2.05, 4.69) is 10.1 Å². The van der Waals surface area contributed by atoms with Gasteiger partial charge in [0.15, 0.2) is 17.2 Å². The van der Waals surface area contributed by atoms with Gasteiger partial charge in [-0.25, -0.2) is 9.48 Å². The fraction of sp³-hybridized carbons (Fsp3) is 0.231. The van der Waals surface area contributed by atoms with Gasteiger partial charge in [-0.05, 0) is 6.07 Å². The molecule has 0 aliphatic heterocycles. The van der Waals surface area contributed by atoms with Crippen LogP contribution in [0.25, 0.3) is 0 Å². The van der Waals surface area contributed by atoms with Crippen molar-refractivity contribution in [3.63, 3.8) is 0 Å². The summed E-state index contributed by atoms with van der Waals surface area (Å²) in [5.41, 5.74) is -0.253. The molecule has 0 saturated heterocycles. The lowest BCUT2D eigenvalue weighted by molar-refractivity contribution is 0.0687. The van der Waals surface area contributed by atoms with Crippen molar-refractivity contribution in [1.29, 1.82) is 0 Å². The Hall–Kier alpha value is -2.90. The fourth-order valence-electron chi connectivity index (χ4n) is 1.78. The Labute approximate surface area is 119 Å². The summed E-state index contributed by atoms with van der Waals surface area (Å²) in [6.07, 6.45) is 1.50. The highest BCUT2D eigenvalue weighted by molar-refractivity contribution is 5.84. The average Bonchev–Trinajstić information content (AvgIpc) is 2.48. The Morgan fingerprint density at radius 3 is 2.67 bits per heavy atom. The minimum Gasteiger partial charge on any atom is -0.493 e. The molecule has 2 aromatic heterocycles. The SMILES string of the molecule is COc1ccnc(Cn2nc(C(=O)O)ccc2=O)c1OC. The third-order valence-electron chi connectivity index (χ3n) is 2.75. The molecule has 0 aromatic carbocycles. The Balaban J connectivity index is 2.45. The van der Waals surface area contributed by atoms with Crippen LogP contribution in [0.4, 0.5) is 0 Å². The molecular formula is C13H13N3O5. The molecule has 8 nitrogen and oxygen atoms in total. The molecule has 2 aromatic rings. The number of carboxylic acid groups (broad SMARTS) is 1. The van der Waals surface area contributed by atoms with Gasteiger partial charge >= 0.3 is 5.97 Å². The van der Waals surface area contributed by atoms with E-state index >= 15 is 0 Å². The Kier molecular flexibility index (Phi) is 4.17. The molecule has 0 radical (unpaired) electrons. The fourth-order valence-corrected chi connectivity index (χ4v) is 1.78. The molecule has 2 rings (SSSR count). The van der Waals surface area contributed by atoms with Crippen molar-refractivity contribution in [3.05, 3.63) is 46.1 Å². The second kappa shape index (κ2) is 6.04. The Morgan fingerprint density at radius 2 is 2.05 bits per heavy atom. The third-order valence-corrected chi connectivity index (χ3v) is 2.75. The standard InChI is InChI=1S/C13H13N3O5/c1-20-10-5-6-14-9(12(10)21-2)7-16-11(17)4-3-8(15-16)13(18)19/h3-6H,7H2,1-2H3,(H,18,19). The highest BCUT2D eigenvalue weighted by Gasteiger charge is 2.14. The van der Waals surface area contributed by atoms with Crippen LogP contribution in [0.3, 0.4) is 0 Å². The van der Waals surface area contributed by atoms with E-state index in [1.54, 1.807) is 6.07 Å². The zero-order valence-corrected chi connectivity index (χ0v) is 11.4. The first-order chi connectivity index (χ1) is 10.1. The van der Waals surface area contributed by atoms with E-state index in [1.807, 2.05) is 0 Å². The summed E-state index contributed by atoms with van der Waals surface area (Å²) in [5.74, 6) is -0.381. The second-order valence-electron chi connectivity index (χ2n) is 4.01. The number of hydrogen-bond donors (Lipinski definition) is 1. The van der Waals surface area contributed by atoms with Crippen LogP contribution in [0.1, 0.15) is 16.2 Å². The van der Waals surface area contributed by atoms with Crippen molar-refractivity contribution in [1.82, 2.24) is 14.8 Å². The maximum absolute atomic E-state index is 11.8. The van der Waals surface area contributed by atoms with E-state index in [-0.39, 0.29) is 12.2 Å². The first-order valence-corrected chi connectivity index (χ1v) is 5.94. The number of methoxy groups -OCH3 is 2. The molecule has 0 amide bonds. The highest BCUT2D eigenvalue weighted by Crippen LogP contribution is 2.29. The van der Waals surface area contributed by atoms with Crippen molar-refractivity contribution < 1.29 is 19.4 Å². The lowest BCUT2D eigenvalue weighted by Crippen LogP contribution is -2.25. The lowest BCUT2D eigenvalue weighted by Gasteiger charge is -2.12. The Bertz CT molecular complexity index is 726. The van der Waals surface area contributed by atoms with E-state index in [0.717, 1.165) is 16.8 Å². The van der Waals surface area contributed by atoms with Gasteiger partial charge in [0.05, 0.1) is 20.8 Å². The molecule has 110 valence electrons. The van der Waals surface area contributed by atoms with Gasteiger partial charge in [0.25, 0.3) is 5.56 Å². The Morgan fingerprint density at radius 1 is 1.29 bits per heavy atom. The number of pyridine rings is 1. The maximum atomic E-state index is 11.8. The number of nitrogens with zero attached hydrogens (tertiary/aromatic N) is 3. The zero-order valence-electron chi connectivity index (χ0n) is 11.4. The second-order valence-corrected chi connectivity index (χ2v) is 4.01. The van der Waals surface area contributed by atoms with Crippen molar-refractivity contribution in [3.8, 4) is 11.5 Å². The number of aromatic carboxylic acids is 1. The van der Waals surface area contributed by atoms with Crippen LogP contribution in [0.2, 0.25) is 0 Å². The van der Waals surface area contributed by atoms with Gasteiger partial charge in [0.2, 0.25) is 0 Å². The first-order valence-electron chi connectivity index (χ1n) is 5.94. The minimum atomic E-state index is -1.21. The molecule has 0 fully saturated rings. The molecule has 8 heteroatoms. The molecule has 0 bridgehead atoms. The van der Waals surface area contributed by atoms with Crippen molar-refractivity contribution in [2.24, 2.45) is 0 Å². The molecule has 0 aliphatic rings. The smallest absolute Gasteiger partial charge is 0.356 e. The summed E-state index contributed by atoms with van der Waals surface area (Å²) in [5, 5.41) is 12.7. The van der Waals surface area contributed by atoms with Crippen LogP contribution >= 0.6 is 0 Å². The summed E-state index contributed by atoms with van der Waals surface area (Å²) in [4.78, 5) is 26.8. The van der Waals surface area contributed by atoms with Crippen molar-refractivity contribution in [2.75, 3.05) is 14.2 Å². The number of rotatable bonds is 5. The van der Waals surface area contributed by atoms with Gasteiger partial charge in [-0.2, -0.15) is 5.10 Å². The number of carboxylic acids is 1. The maximum Gasteiger partial charge on any atom is 0.356 e. The number of ether oxygens (including phenoxy) is 2. The predicted molar refractivity (Wildman–Crippen MR) is 71.9 cm³/mol. The number of carbonyl (C=O) groups is 1. The molecule has 0 unspecified atom stereocenters. The van der Waals surface area contributed by atoms with E-state index in [1.165, 1.54) is 20.4 Å². The zero-order chi connectivity index (χ0) is 15.4. The van der Waals surface area contributed by atoms with Gasteiger partial charge in [0, 0.05) is 18.3 Å². The predicted octanol–water partition coefficient (Wildman–Crippen LogP) is 0.402. The van der Waals surface area contributed by atoms with Gasteiger partial charge < -0.3 is 14.6 Å². The van der Waals surface area contributed by atoms with E-state index in [4.69, 9.17) is 14.6 Å². The normalized spacial score (nSPS) is 10.2. The molecular weight excluding hydrogens is 278 g/mol. The van der Waals surface area contributed by atoms with Crippen LogP contribution in [0.15, 0.2) is 29.2 Å². The molecule has 0 atom stereocenters. The first kappa shape index (κ1) is 14.5. The molecule has 21 heavy (non-hydrogen) atoms. The van der Waals surface area contributed by atoms with Crippen molar-refractivity contribution >= 4 is 5.97 Å². The molecule has 1 N–H and O–H groups in total. The minimum absolute atomic E-state index is 0.0275. The third kappa shape index (κ3) is 2.99.